The molecule has 2 fully saturated rings. The Bertz CT molecular complexity index is 518. The normalized spacial score (nSPS) is 22.9. The summed E-state index contributed by atoms with van der Waals surface area (Å²) in [6.07, 6.45) is 6.86. The van der Waals surface area contributed by atoms with Gasteiger partial charge in [0.25, 0.3) is 0 Å². The van der Waals surface area contributed by atoms with Gasteiger partial charge in [0.05, 0.1) is 5.41 Å². The smallest absolute Gasteiger partial charge is 0.146 e. The summed E-state index contributed by atoms with van der Waals surface area (Å²) in [6, 6.07) is 10.5. The molecule has 0 radical (unpaired) electrons. The Morgan fingerprint density at radius 3 is 2.46 bits per heavy atom. The number of ketones is 1. The summed E-state index contributed by atoms with van der Waals surface area (Å²) in [5.74, 6) is 0.760. The predicted molar refractivity (Wildman–Crippen MR) is 99.3 cm³/mol. The van der Waals surface area contributed by atoms with Gasteiger partial charge in [-0.3, -0.25) is 4.79 Å². The minimum Gasteiger partial charge on any atom is -0.314 e. The molecule has 0 bridgehead atoms. The molecule has 3 rings (SSSR count). The summed E-state index contributed by atoms with van der Waals surface area (Å²) in [7, 11) is 0. The first-order valence-electron chi connectivity index (χ1n) is 9.73. The van der Waals surface area contributed by atoms with E-state index in [-0.39, 0.29) is 11.3 Å². The molecular formula is C21H32N2O. The van der Waals surface area contributed by atoms with Gasteiger partial charge in [0, 0.05) is 32.1 Å². The molecule has 1 atom stereocenters. The van der Waals surface area contributed by atoms with E-state index in [2.05, 4.69) is 41.4 Å². The topological polar surface area (TPSA) is 32.3 Å². The van der Waals surface area contributed by atoms with Crippen molar-refractivity contribution in [3.63, 3.8) is 0 Å². The molecule has 0 spiro atoms. The molecule has 0 amide bonds. The predicted octanol–water partition coefficient (Wildman–Crippen LogP) is 3.39. The maximum atomic E-state index is 13.5. The minimum absolute atomic E-state index is 0.270. The first kappa shape index (κ1) is 17.6. The minimum atomic E-state index is -0.339. The zero-order chi connectivity index (χ0) is 16.8. The largest absolute Gasteiger partial charge is 0.314 e. The van der Waals surface area contributed by atoms with Crippen molar-refractivity contribution in [3.05, 3.63) is 35.9 Å². The number of carbonyl (C=O) groups is 1. The molecule has 1 saturated carbocycles. The first-order valence-corrected chi connectivity index (χ1v) is 9.73. The van der Waals surface area contributed by atoms with Gasteiger partial charge in [-0.15, -0.1) is 0 Å². The van der Waals surface area contributed by atoms with Gasteiger partial charge in [0.1, 0.15) is 5.78 Å². The highest BCUT2D eigenvalue weighted by Gasteiger charge is 2.39. The molecular weight excluding hydrogens is 296 g/mol. The summed E-state index contributed by atoms with van der Waals surface area (Å²) < 4.78 is 0. The van der Waals surface area contributed by atoms with Crippen molar-refractivity contribution in [2.45, 2.75) is 50.9 Å². The summed E-state index contributed by atoms with van der Waals surface area (Å²) in [6.45, 7) is 7.55. The van der Waals surface area contributed by atoms with Crippen molar-refractivity contribution < 1.29 is 4.79 Å². The van der Waals surface area contributed by atoms with Gasteiger partial charge in [0.2, 0.25) is 0 Å². The fraction of sp³-hybridized carbons (Fsp3) is 0.667. The second-order valence-electron chi connectivity index (χ2n) is 7.74. The van der Waals surface area contributed by atoms with Crippen LogP contribution in [0.2, 0.25) is 0 Å². The molecule has 1 aliphatic heterocycles. The third-order valence-corrected chi connectivity index (χ3v) is 6.07. The molecule has 2 aliphatic rings. The maximum Gasteiger partial charge on any atom is 0.146 e. The Labute approximate surface area is 146 Å². The van der Waals surface area contributed by atoms with Crippen LogP contribution < -0.4 is 5.32 Å². The van der Waals surface area contributed by atoms with Crippen LogP contribution in [0.4, 0.5) is 0 Å². The van der Waals surface area contributed by atoms with E-state index >= 15 is 0 Å². The lowest BCUT2D eigenvalue weighted by molar-refractivity contribution is -0.129. The third-order valence-electron chi connectivity index (χ3n) is 6.07. The SMILES string of the molecule is CC(CCN1CCNCC1)(C(=O)C1CCCCC1)c1ccccc1. The van der Waals surface area contributed by atoms with Gasteiger partial charge in [-0.2, -0.15) is 0 Å². The van der Waals surface area contributed by atoms with E-state index in [0.29, 0.717) is 5.78 Å². The quantitative estimate of drug-likeness (QED) is 0.869. The highest BCUT2D eigenvalue weighted by atomic mass is 16.1. The number of hydrogen-bond acceptors (Lipinski definition) is 3. The molecule has 1 saturated heterocycles. The van der Waals surface area contributed by atoms with Gasteiger partial charge in [-0.1, -0.05) is 49.6 Å². The second kappa shape index (κ2) is 8.26. The zero-order valence-corrected chi connectivity index (χ0v) is 15.1. The van der Waals surface area contributed by atoms with E-state index in [4.69, 9.17) is 0 Å². The Kier molecular flexibility index (Phi) is 6.07. The molecule has 0 aromatic heterocycles. The number of rotatable bonds is 6. The van der Waals surface area contributed by atoms with Crippen molar-refractivity contribution in [2.24, 2.45) is 5.92 Å². The van der Waals surface area contributed by atoms with E-state index in [0.717, 1.165) is 52.0 Å². The van der Waals surface area contributed by atoms with Crippen LogP contribution in [0.15, 0.2) is 30.3 Å². The molecule has 24 heavy (non-hydrogen) atoms. The van der Waals surface area contributed by atoms with Crippen LogP contribution in [0.1, 0.15) is 51.0 Å². The Hall–Kier alpha value is -1.19. The maximum absolute atomic E-state index is 13.5. The molecule has 1 unspecified atom stereocenters. The number of nitrogens with zero attached hydrogens (tertiary/aromatic N) is 1. The monoisotopic (exact) mass is 328 g/mol. The van der Waals surface area contributed by atoms with Gasteiger partial charge in [0.15, 0.2) is 0 Å². The Morgan fingerprint density at radius 1 is 1.12 bits per heavy atom. The molecule has 3 nitrogen and oxygen atoms in total. The van der Waals surface area contributed by atoms with E-state index in [9.17, 15) is 4.79 Å². The number of benzene rings is 1. The second-order valence-corrected chi connectivity index (χ2v) is 7.74. The number of hydrogen-bond donors (Lipinski definition) is 1. The molecule has 1 heterocycles. The molecule has 1 aliphatic carbocycles. The van der Waals surface area contributed by atoms with Crippen molar-refractivity contribution in [1.82, 2.24) is 10.2 Å². The number of nitrogens with one attached hydrogen (secondary N) is 1. The van der Waals surface area contributed by atoms with Crippen molar-refractivity contribution >= 4 is 5.78 Å². The average molecular weight is 328 g/mol. The fourth-order valence-corrected chi connectivity index (χ4v) is 4.35. The van der Waals surface area contributed by atoms with Crippen LogP contribution in [0.3, 0.4) is 0 Å². The Morgan fingerprint density at radius 2 is 1.79 bits per heavy atom. The standard InChI is InChI=1S/C21H32N2O/c1-21(19-10-6-3-7-11-19,12-15-23-16-13-22-14-17-23)20(24)18-8-4-2-5-9-18/h3,6-7,10-11,18,22H,2,4-5,8-9,12-17H2,1H3. The van der Waals surface area contributed by atoms with Gasteiger partial charge in [-0.05, 0) is 38.3 Å². The lowest BCUT2D eigenvalue weighted by atomic mass is 9.69. The summed E-state index contributed by atoms with van der Waals surface area (Å²) in [5.41, 5.74) is 0.865. The van der Waals surface area contributed by atoms with Gasteiger partial charge in [-0.25, -0.2) is 0 Å². The lowest BCUT2D eigenvalue weighted by Crippen LogP contribution is -2.46. The Balaban J connectivity index is 1.76. The number of carbonyl (C=O) groups excluding carboxylic acids is 1. The molecule has 1 aromatic rings. The molecule has 3 heteroatoms. The van der Waals surface area contributed by atoms with Crippen molar-refractivity contribution in [3.8, 4) is 0 Å². The van der Waals surface area contributed by atoms with E-state index in [1.165, 1.54) is 24.8 Å². The third kappa shape index (κ3) is 4.07. The van der Waals surface area contributed by atoms with E-state index in [1.807, 2.05) is 6.07 Å². The zero-order valence-electron chi connectivity index (χ0n) is 15.1. The van der Waals surface area contributed by atoms with Gasteiger partial charge < -0.3 is 10.2 Å². The van der Waals surface area contributed by atoms with Crippen LogP contribution in [0, 0.1) is 5.92 Å². The van der Waals surface area contributed by atoms with Gasteiger partial charge >= 0.3 is 0 Å². The van der Waals surface area contributed by atoms with Crippen LogP contribution in [-0.4, -0.2) is 43.4 Å². The highest BCUT2D eigenvalue weighted by molar-refractivity contribution is 5.91. The molecule has 1 aromatic carbocycles. The number of Topliss-reactive ketones (excluding diaryl/α,β-unsaturated/α-hetero) is 1. The molecule has 132 valence electrons. The first-order chi connectivity index (χ1) is 11.7. The summed E-state index contributed by atoms with van der Waals surface area (Å²) >= 11 is 0. The summed E-state index contributed by atoms with van der Waals surface area (Å²) in [5, 5.41) is 3.41. The van der Waals surface area contributed by atoms with Crippen LogP contribution >= 0.6 is 0 Å². The molecule has 1 N–H and O–H groups in total. The lowest BCUT2D eigenvalue weighted by Gasteiger charge is -2.36. The highest BCUT2D eigenvalue weighted by Crippen LogP contribution is 2.36. The van der Waals surface area contributed by atoms with Crippen molar-refractivity contribution in [1.29, 1.82) is 0 Å². The number of piperazine rings is 1. The van der Waals surface area contributed by atoms with Crippen molar-refractivity contribution in [2.75, 3.05) is 32.7 Å². The average Bonchev–Trinajstić information content (AvgIpc) is 2.68. The van der Waals surface area contributed by atoms with E-state index in [1.54, 1.807) is 0 Å². The summed E-state index contributed by atoms with van der Waals surface area (Å²) in [4.78, 5) is 16.0. The van der Waals surface area contributed by atoms with E-state index < -0.39 is 0 Å². The van der Waals surface area contributed by atoms with Crippen LogP contribution in [-0.2, 0) is 10.2 Å². The van der Waals surface area contributed by atoms with Crippen LogP contribution in [0.5, 0.6) is 0 Å². The fourth-order valence-electron chi connectivity index (χ4n) is 4.35. The van der Waals surface area contributed by atoms with Crippen LogP contribution in [0.25, 0.3) is 0 Å².